The molecule has 0 unspecified atom stereocenters. The van der Waals surface area contributed by atoms with Crippen molar-refractivity contribution in [2.45, 2.75) is 58.3 Å². The molecule has 2 aliphatic heterocycles. The molecule has 0 radical (unpaired) electrons. The summed E-state index contributed by atoms with van der Waals surface area (Å²) in [7, 11) is 2.02. The average Bonchev–Trinajstić information content (AvgIpc) is 2.71. The lowest BCUT2D eigenvalue weighted by molar-refractivity contribution is -0.255. The van der Waals surface area contributed by atoms with E-state index in [9.17, 15) is 19.2 Å². The molecule has 192 valence electrons. The number of carbonyl (C=O) groups excluding carboxylic acids is 4. The fraction of sp³-hybridized carbons (Fsp3) is 0.750. The summed E-state index contributed by atoms with van der Waals surface area (Å²) >= 11 is 5.41. The van der Waals surface area contributed by atoms with Crippen LogP contribution in [0.25, 0.3) is 0 Å². The van der Waals surface area contributed by atoms with Crippen LogP contribution in [0, 0.1) is 0 Å². The molecule has 0 aromatic carbocycles. The zero-order valence-electron chi connectivity index (χ0n) is 19.9. The minimum Gasteiger partial charge on any atom is -0.463 e. The second kappa shape index (κ2) is 12.8. The van der Waals surface area contributed by atoms with E-state index in [-0.39, 0.29) is 11.7 Å². The average molecular weight is 505 g/mol. The molecule has 2 heterocycles. The first kappa shape index (κ1) is 27.7. The number of rotatable bonds is 7. The molecule has 0 saturated carbocycles. The van der Waals surface area contributed by atoms with Gasteiger partial charge in [-0.25, -0.2) is 5.01 Å². The number of hydrogen-bond acceptors (Lipinski definition) is 12. The zero-order valence-corrected chi connectivity index (χ0v) is 20.7. The Morgan fingerprint density at radius 1 is 0.853 bits per heavy atom. The molecular formula is C20H32N4O9S. The summed E-state index contributed by atoms with van der Waals surface area (Å²) < 4.78 is 27.1. The third kappa shape index (κ3) is 8.66. The molecule has 0 bridgehead atoms. The first-order valence-electron chi connectivity index (χ1n) is 10.8. The maximum Gasteiger partial charge on any atom is 0.303 e. The third-order valence-electron chi connectivity index (χ3n) is 5.03. The molecule has 2 rings (SSSR count). The van der Waals surface area contributed by atoms with Crippen LogP contribution in [-0.4, -0.2) is 109 Å². The Morgan fingerprint density at radius 2 is 1.38 bits per heavy atom. The smallest absolute Gasteiger partial charge is 0.303 e. The minimum absolute atomic E-state index is 0.172. The van der Waals surface area contributed by atoms with Gasteiger partial charge in [-0.3, -0.25) is 24.6 Å². The number of likely N-dealkylation sites (N-methyl/N-ethyl adjacent to an activating group) is 1. The number of piperazine rings is 1. The summed E-state index contributed by atoms with van der Waals surface area (Å²) in [5, 5.41) is 5.01. The number of carbonyl (C=O) groups is 4. The summed E-state index contributed by atoms with van der Waals surface area (Å²) in [5.74, 6) is -2.67. The minimum atomic E-state index is -1.26. The van der Waals surface area contributed by atoms with Crippen LogP contribution in [0.2, 0.25) is 0 Å². The number of nitrogens with zero attached hydrogens (tertiary/aromatic N) is 2. The van der Waals surface area contributed by atoms with Crippen molar-refractivity contribution in [1.82, 2.24) is 20.7 Å². The van der Waals surface area contributed by atoms with Crippen molar-refractivity contribution < 1.29 is 42.9 Å². The van der Waals surface area contributed by atoms with Crippen LogP contribution in [0.15, 0.2) is 0 Å². The Balaban J connectivity index is 2.27. The lowest BCUT2D eigenvalue weighted by atomic mass is 9.97. The second-order valence-electron chi connectivity index (χ2n) is 8.00. The van der Waals surface area contributed by atoms with E-state index >= 15 is 0 Å². The number of hydrazine groups is 1. The SMILES string of the molecule is CC(=O)OC[C@@H]1O[C@H](NC(=S)NN2CCN(C)CC2)[C@H](OC(C)=O)[C@H](OC(C)=O)[C@H]1OC(C)=O. The molecule has 34 heavy (non-hydrogen) atoms. The quantitative estimate of drug-likeness (QED) is 0.240. The van der Waals surface area contributed by atoms with Crippen molar-refractivity contribution >= 4 is 41.2 Å². The van der Waals surface area contributed by atoms with Gasteiger partial charge in [-0.15, -0.1) is 0 Å². The van der Waals surface area contributed by atoms with Gasteiger partial charge in [-0.2, -0.15) is 0 Å². The molecule has 0 aromatic rings. The highest BCUT2D eigenvalue weighted by Gasteiger charge is 2.52. The van der Waals surface area contributed by atoms with Gasteiger partial charge < -0.3 is 33.9 Å². The van der Waals surface area contributed by atoms with Crippen molar-refractivity contribution in [3.63, 3.8) is 0 Å². The van der Waals surface area contributed by atoms with Crippen molar-refractivity contribution in [1.29, 1.82) is 0 Å². The molecule has 5 atom stereocenters. The zero-order chi connectivity index (χ0) is 25.4. The predicted molar refractivity (Wildman–Crippen MR) is 120 cm³/mol. The van der Waals surface area contributed by atoms with Crippen molar-refractivity contribution in [3.8, 4) is 0 Å². The fourth-order valence-corrected chi connectivity index (χ4v) is 3.81. The summed E-state index contributed by atoms with van der Waals surface area (Å²) in [6, 6.07) is 0. The van der Waals surface area contributed by atoms with Crippen molar-refractivity contribution in [2.24, 2.45) is 0 Å². The Bertz CT molecular complexity index is 775. The van der Waals surface area contributed by atoms with E-state index in [2.05, 4.69) is 15.6 Å². The monoisotopic (exact) mass is 504 g/mol. The molecule has 13 nitrogen and oxygen atoms in total. The van der Waals surface area contributed by atoms with E-state index < -0.39 is 54.5 Å². The molecule has 2 saturated heterocycles. The highest BCUT2D eigenvalue weighted by atomic mass is 32.1. The number of esters is 4. The molecular weight excluding hydrogens is 472 g/mol. The maximum absolute atomic E-state index is 11.9. The lowest BCUT2D eigenvalue weighted by Gasteiger charge is -2.45. The fourth-order valence-electron chi connectivity index (χ4n) is 3.57. The molecule has 0 aromatic heterocycles. The second-order valence-corrected chi connectivity index (χ2v) is 8.40. The van der Waals surface area contributed by atoms with Crippen LogP contribution in [0.3, 0.4) is 0 Å². The molecule has 0 aliphatic carbocycles. The van der Waals surface area contributed by atoms with Gasteiger partial charge in [0.2, 0.25) is 0 Å². The number of thiocarbonyl (C=S) groups is 1. The Hall–Kier alpha value is -2.55. The van der Waals surface area contributed by atoms with Gasteiger partial charge in [0.25, 0.3) is 0 Å². The van der Waals surface area contributed by atoms with E-state index in [1.807, 2.05) is 12.1 Å². The highest BCUT2D eigenvalue weighted by molar-refractivity contribution is 7.80. The van der Waals surface area contributed by atoms with Gasteiger partial charge in [-0.1, -0.05) is 0 Å². The number of ether oxygens (including phenoxy) is 5. The Labute approximate surface area is 203 Å². The Kier molecular flexibility index (Phi) is 10.4. The molecule has 2 aliphatic rings. The maximum atomic E-state index is 11.9. The molecule has 0 amide bonds. The van der Waals surface area contributed by atoms with Crippen LogP contribution in [0.4, 0.5) is 0 Å². The first-order valence-corrected chi connectivity index (χ1v) is 11.2. The van der Waals surface area contributed by atoms with Crippen LogP contribution in [-0.2, 0) is 42.9 Å². The summed E-state index contributed by atoms with van der Waals surface area (Å²) in [6.07, 6.45) is -5.88. The largest absolute Gasteiger partial charge is 0.463 e. The number of hydrogen-bond donors (Lipinski definition) is 2. The summed E-state index contributed by atoms with van der Waals surface area (Å²) in [4.78, 5) is 49.1. The first-order chi connectivity index (χ1) is 16.0. The van der Waals surface area contributed by atoms with E-state index in [1.54, 1.807) is 0 Å². The normalized spacial score (nSPS) is 27.7. The third-order valence-corrected chi connectivity index (χ3v) is 5.24. The van der Waals surface area contributed by atoms with Crippen molar-refractivity contribution in [2.75, 3.05) is 39.8 Å². The van der Waals surface area contributed by atoms with Crippen LogP contribution in [0.5, 0.6) is 0 Å². The Morgan fingerprint density at radius 3 is 1.91 bits per heavy atom. The topological polar surface area (TPSA) is 145 Å². The van der Waals surface area contributed by atoms with Crippen LogP contribution < -0.4 is 10.7 Å². The number of nitrogens with one attached hydrogen (secondary N) is 2. The molecule has 0 spiro atoms. The van der Waals surface area contributed by atoms with E-state index in [4.69, 9.17) is 35.9 Å². The van der Waals surface area contributed by atoms with E-state index in [1.165, 1.54) is 13.8 Å². The van der Waals surface area contributed by atoms with E-state index in [0.29, 0.717) is 0 Å². The van der Waals surface area contributed by atoms with Crippen molar-refractivity contribution in [3.05, 3.63) is 0 Å². The van der Waals surface area contributed by atoms with Gasteiger partial charge in [0.05, 0.1) is 0 Å². The van der Waals surface area contributed by atoms with Gasteiger partial charge in [0.15, 0.2) is 29.7 Å². The summed E-state index contributed by atoms with van der Waals surface area (Å²) in [5.41, 5.74) is 3.05. The van der Waals surface area contributed by atoms with Gasteiger partial charge in [0, 0.05) is 53.9 Å². The molecule has 2 N–H and O–H groups in total. The van der Waals surface area contributed by atoms with Gasteiger partial charge >= 0.3 is 23.9 Å². The van der Waals surface area contributed by atoms with Crippen LogP contribution >= 0.6 is 12.2 Å². The summed E-state index contributed by atoms with van der Waals surface area (Å²) in [6.45, 7) is 7.52. The highest BCUT2D eigenvalue weighted by Crippen LogP contribution is 2.28. The predicted octanol–water partition coefficient (Wildman–Crippen LogP) is -1.30. The van der Waals surface area contributed by atoms with Gasteiger partial charge in [-0.05, 0) is 19.3 Å². The van der Waals surface area contributed by atoms with E-state index in [0.717, 1.165) is 40.0 Å². The lowest BCUT2D eigenvalue weighted by Crippen LogP contribution is -2.67. The van der Waals surface area contributed by atoms with Crippen LogP contribution in [0.1, 0.15) is 27.7 Å². The molecule has 14 heteroatoms. The van der Waals surface area contributed by atoms with Gasteiger partial charge in [0.1, 0.15) is 12.7 Å². The standard InChI is InChI=1S/C20H32N4O9S/c1-11(25)29-10-15-16(30-12(2)26)17(31-13(3)27)18(32-14(4)28)19(33-15)21-20(34)22-24-8-6-23(5)7-9-24/h15-19H,6-10H2,1-5H3,(H2,21,22,34)/t15-,16-,17+,18+,19-/m0/s1. The molecule has 2 fully saturated rings.